The fourth-order valence-electron chi connectivity index (χ4n) is 3.46. The van der Waals surface area contributed by atoms with Crippen molar-refractivity contribution in [3.63, 3.8) is 0 Å². The lowest BCUT2D eigenvalue weighted by Gasteiger charge is -2.23. The molecule has 0 heterocycles. The molecule has 0 bridgehead atoms. The summed E-state index contributed by atoms with van der Waals surface area (Å²) in [5.41, 5.74) is 3.55. The van der Waals surface area contributed by atoms with E-state index in [0.29, 0.717) is 27.6 Å². The van der Waals surface area contributed by atoms with Gasteiger partial charge in [-0.2, -0.15) is 0 Å². The van der Waals surface area contributed by atoms with Crippen molar-refractivity contribution in [1.82, 2.24) is 0 Å². The minimum atomic E-state index is -3.84. The quantitative estimate of drug-likeness (QED) is 0.442. The van der Waals surface area contributed by atoms with E-state index < -0.39 is 32.5 Å². The van der Waals surface area contributed by atoms with E-state index in [1.54, 1.807) is 25.1 Å². The van der Waals surface area contributed by atoms with E-state index in [2.05, 4.69) is 10.0 Å². The van der Waals surface area contributed by atoms with E-state index in [1.165, 1.54) is 30.3 Å². The zero-order valence-corrected chi connectivity index (χ0v) is 22.1. The highest BCUT2D eigenvalue weighted by molar-refractivity contribution is 7.92. The first-order chi connectivity index (χ1) is 16.3. The van der Waals surface area contributed by atoms with Crippen LogP contribution in [-0.4, -0.2) is 35.5 Å². The molecule has 186 valence electrons. The number of rotatable bonds is 8. The van der Waals surface area contributed by atoms with Gasteiger partial charge in [0.05, 0.1) is 22.5 Å². The molecular weight excluding hydrogens is 510 g/mol. The average molecular weight is 536 g/mol. The largest absolute Gasteiger partial charge is 0.325 e. The molecule has 0 aliphatic heterocycles. The molecule has 0 aliphatic rings. The van der Waals surface area contributed by atoms with Crippen molar-refractivity contribution in [2.24, 2.45) is 0 Å². The number of sulfonamides is 2. The van der Waals surface area contributed by atoms with Crippen molar-refractivity contribution in [1.29, 1.82) is 0 Å². The third-order valence-corrected chi connectivity index (χ3v) is 7.93. The van der Waals surface area contributed by atoms with Crippen LogP contribution in [0.4, 0.5) is 17.1 Å². The van der Waals surface area contributed by atoms with Crippen LogP contribution in [0, 0.1) is 20.8 Å². The molecule has 0 atom stereocenters. The van der Waals surface area contributed by atoms with Gasteiger partial charge in [0.15, 0.2) is 0 Å². The molecule has 2 N–H and O–H groups in total. The maximum absolute atomic E-state index is 12.8. The van der Waals surface area contributed by atoms with Crippen LogP contribution in [0.3, 0.4) is 0 Å². The fourth-order valence-corrected chi connectivity index (χ4v) is 5.73. The van der Waals surface area contributed by atoms with Crippen molar-refractivity contribution in [3.05, 3.63) is 82.4 Å². The highest BCUT2D eigenvalue weighted by Gasteiger charge is 2.23. The smallest absolute Gasteiger partial charge is 0.261 e. The highest BCUT2D eigenvalue weighted by atomic mass is 35.5. The van der Waals surface area contributed by atoms with Gasteiger partial charge in [-0.15, -0.1) is 0 Å². The van der Waals surface area contributed by atoms with Gasteiger partial charge in [-0.1, -0.05) is 29.3 Å². The summed E-state index contributed by atoms with van der Waals surface area (Å²) in [6.45, 7) is 4.97. The highest BCUT2D eigenvalue weighted by Crippen LogP contribution is 2.26. The number of carbonyl (C=O) groups excluding carboxylic acids is 1. The van der Waals surface area contributed by atoms with Gasteiger partial charge in [-0.05, 0) is 80.4 Å². The minimum absolute atomic E-state index is 0.0185. The molecule has 0 aliphatic carbocycles. The first-order valence-corrected chi connectivity index (χ1v) is 14.2. The maximum atomic E-state index is 12.8. The van der Waals surface area contributed by atoms with Gasteiger partial charge in [-0.3, -0.25) is 13.8 Å². The van der Waals surface area contributed by atoms with E-state index in [1.807, 2.05) is 26.0 Å². The lowest BCUT2D eigenvalue weighted by atomic mass is 10.1. The molecule has 0 radical (unpaired) electrons. The average Bonchev–Trinajstić information content (AvgIpc) is 2.74. The van der Waals surface area contributed by atoms with E-state index in [-0.39, 0.29) is 4.90 Å². The van der Waals surface area contributed by atoms with E-state index in [4.69, 9.17) is 11.6 Å². The molecule has 0 spiro atoms. The SMILES string of the molecule is Cc1ccc(NS(=O)(=O)c2ccc(NC(=O)CN(c3ccc(Cl)cc3C)S(C)(=O)=O)cc2)c(C)c1. The van der Waals surface area contributed by atoms with Crippen LogP contribution in [0.5, 0.6) is 0 Å². The topological polar surface area (TPSA) is 113 Å². The second kappa shape index (κ2) is 10.3. The molecule has 0 saturated heterocycles. The Bertz CT molecular complexity index is 1470. The van der Waals surface area contributed by atoms with Crippen molar-refractivity contribution >= 4 is 54.6 Å². The Labute approximate surface area is 211 Å². The molecule has 0 saturated carbocycles. The van der Waals surface area contributed by atoms with E-state index in [0.717, 1.165) is 21.7 Å². The maximum Gasteiger partial charge on any atom is 0.261 e. The molecule has 0 unspecified atom stereocenters. The van der Waals surface area contributed by atoms with Crippen LogP contribution in [0.2, 0.25) is 5.02 Å². The van der Waals surface area contributed by atoms with Gasteiger partial charge >= 0.3 is 0 Å². The van der Waals surface area contributed by atoms with Crippen LogP contribution in [0.1, 0.15) is 16.7 Å². The molecule has 35 heavy (non-hydrogen) atoms. The van der Waals surface area contributed by atoms with Crippen molar-refractivity contribution in [2.75, 3.05) is 27.1 Å². The Morgan fingerprint density at radius 1 is 0.886 bits per heavy atom. The van der Waals surface area contributed by atoms with Gasteiger partial charge in [0.25, 0.3) is 10.0 Å². The molecular formula is C24H26ClN3O5S2. The second-order valence-electron chi connectivity index (χ2n) is 8.20. The molecule has 0 aromatic heterocycles. The number of aryl methyl sites for hydroxylation is 3. The summed E-state index contributed by atoms with van der Waals surface area (Å²) in [7, 11) is -7.60. The van der Waals surface area contributed by atoms with Crippen molar-refractivity contribution < 1.29 is 21.6 Å². The number of benzene rings is 3. The normalized spacial score (nSPS) is 11.7. The fraction of sp³-hybridized carbons (Fsp3) is 0.208. The first-order valence-electron chi connectivity index (χ1n) is 10.5. The Balaban J connectivity index is 1.74. The lowest BCUT2D eigenvalue weighted by molar-refractivity contribution is -0.114. The number of anilines is 3. The van der Waals surface area contributed by atoms with Crippen LogP contribution in [0.15, 0.2) is 65.6 Å². The van der Waals surface area contributed by atoms with E-state index >= 15 is 0 Å². The minimum Gasteiger partial charge on any atom is -0.325 e. The Hall–Kier alpha value is -3.08. The first kappa shape index (κ1) is 26.5. The second-order valence-corrected chi connectivity index (χ2v) is 12.2. The van der Waals surface area contributed by atoms with Gasteiger partial charge < -0.3 is 5.32 Å². The standard InChI is InChI=1S/C24H26ClN3O5S2/c1-16-5-11-22(17(2)13-16)27-35(32,33)21-9-7-20(8-10-21)26-24(29)15-28(34(4,30)31)23-12-6-19(25)14-18(23)3/h5-14,27H,15H2,1-4H3,(H,26,29). The third-order valence-electron chi connectivity index (χ3n) is 5.19. The number of halogens is 1. The zero-order chi connectivity index (χ0) is 26.0. The monoisotopic (exact) mass is 535 g/mol. The Kier molecular flexibility index (Phi) is 7.78. The predicted octanol–water partition coefficient (Wildman–Crippen LogP) is 4.47. The van der Waals surface area contributed by atoms with Gasteiger partial charge in [0.2, 0.25) is 15.9 Å². The van der Waals surface area contributed by atoms with Crippen LogP contribution in [0.25, 0.3) is 0 Å². The molecule has 3 aromatic rings. The lowest BCUT2D eigenvalue weighted by Crippen LogP contribution is -2.37. The summed E-state index contributed by atoms with van der Waals surface area (Å²) < 4.78 is 53.8. The number of hydrogen-bond acceptors (Lipinski definition) is 5. The summed E-state index contributed by atoms with van der Waals surface area (Å²) in [4.78, 5) is 12.7. The molecule has 8 nitrogen and oxygen atoms in total. The van der Waals surface area contributed by atoms with Gasteiger partial charge in [-0.25, -0.2) is 16.8 Å². The molecule has 0 fully saturated rings. The summed E-state index contributed by atoms with van der Waals surface area (Å²) in [6.07, 6.45) is 1.01. The number of nitrogens with one attached hydrogen (secondary N) is 2. The summed E-state index contributed by atoms with van der Waals surface area (Å²) in [5, 5.41) is 3.05. The van der Waals surface area contributed by atoms with Crippen LogP contribution in [-0.2, 0) is 24.8 Å². The summed E-state index contributed by atoms with van der Waals surface area (Å²) in [5.74, 6) is -0.589. The molecule has 3 rings (SSSR count). The van der Waals surface area contributed by atoms with Crippen LogP contribution < -0.4 is 14.3 Å². The van der Waals surface area contributed by atoms with Gasteiger partial charge in [0, 0.05) is 10.7 Å². The summed E-state index contributed by atoms with van der Waals surface area (Å²) >= 11 is 5.96. The molecule has 1 amide bonds. The number of amides is 1. The Morgan fingerprint density at radius 3 is 2.11 bits per heavy atom. The third kappa shape index (κ3) is 6.74. The van der Waals surface area contributed by atoms with E-state index in [9.17, 15) is 21.6 Å². The Morgan fingerprint density at radius 2 is 1.54 bits per heavy atom. The van der Waals surface area contributed by atoms with Crippen LogP contribution >= 0.6 is 11.6 Å². The number of nitrogens with zero attached hydrogens (tertiary/aromatic N) is 1. The molecule has 3 aromatic carbocycles. The zero-order valence-electron chi connectivity index (χ0n) is 19.7. The summed E-state index contributed by atoms with van der Waals surface area (Å²) in [6, 6.07) is 15.7. The van der Waals surface area contributed by atoms with Gasteiger partial charge in [0.1, 0.15) is 6.54 Å². The number of hydrogen-bond donors (Lipinski definition) is 2. The molecule has 11 heteroatoms. The van der Waals surface area contributed by atoms with Crippen molar-refractivity contribution in [2.45, 2.75) is 25.7 Å². The number of carbonyl (C=O) groups is 1. The predicted molar refractivity (Wildman–Crippen MR) is 140 cm³/mol. The van der Waals surface area contributed by atoms with Crippen molar-refractivity contribution in [3.8, 4) is 0 Å².